The Morgan fingerprint density at radius 3 is 2.25 bits per heavy atom. The molecule has 5 nitrogen and oxygen atoms in total. The lowest BCUT2D eigenvalue weighted by Crippen LogP contribution is -2.66. The standard InChI is InChI=1S/C39H55NO4/c1-25(41)44-31-15-16-37(6)30(34(31,2)3)14-17-39(8)32(37)29(42)22-27-28-23-36(5,19-18-35(28,4)20-21-38(27,39)7)33(43)40-24-26-12-10-9-11-13-26/h9-13,22,28,30-32H,14-21,23-24H2,1-8H3,(H,40,43)/t28-,30+,31+,32+,35+,36+,37+,38-,39+/m0/s1. The van der Waals surface area contributed by atoms with Crippen molar-refractivity contribution < 1.29 is 19.1 Å². The first kappa shape index (κ1) is 31.5. The molecule has 4 fully saturated rings. The molecule has 0 unspecified atom stereocenters. The summed E-state index contributed by atoms with van der Waals surface area (Å²) in [6.07, 6.45) is 10.7. The number of allylic oxidation sites excluding steroid dienone is 2. The average molecular weight is 602 g/mol. The summed E-state index contributed by atoms with van der Waals surface area (Å²) >= 11 is 0. The lowest BCUT2D eigenvalue weighted by Gasteiger charge is -2.70. The first-order valence-electron chi connectivity index (χ1n) is 17.3. The first-order valence-corrected chi connectivity index (χ1v) is 17.3. The van der Waals surface area contributed by atoms with E-state index >= 15 is 0 Å². The highest BCUT2D eigenvalue weighted by Crippen LogP contribution is 2.75. The second kappa shape index (κ2) is 10.3. The number of ketones is 1. The van der Waals surface area contributed by atoms with Crippen molar-refractivity contribution in [2.45, 2.75) is 126 Å². The highest BCUT2D eigenvalue weighted by Gasteiger charge is 2.70. The van der Waals surface area contributed by atoms with Gasteiger partial charge in [0.25, 0.3) is 0 Å². The van der Waals surface area contributed by atoms with Crippen LogP contribution in [0.4, 0.5) is 0 Å². The predicted molar refractivity (Wildman–Crippen MR) is 173 cm³/mol. The van der Waals surface area contributed by atoms with Crippen LogP contribution < -0.4 is 5.32 Å². The fourth-order valence-electron chi connectivity index (χ4n) is 11.8. The topological polar surface area (TPSA) is 72.5 Å². The Hall–Kier alpha value is -2.43. The van der Waals surface area contributed by atoms with Crippen molar-refractivity contribution in [3.63, 3.8) is 0 Å². The van der Waals surface area contributed by atoms with Crippen LogP contribution in [-0.2, 0) is 25.7 Å². The maximum atomic E-state index is 14.7. The van der Waals surface area contributed by atoms with Gasteiger partial charge in [-0.1, -0.05) is 84.4 Å². The van der Waals surface area contributed by atoms with E-state index in [1.165, 1.54) is 12.5 Å². The van der Waals surface area contributed by atoms with E-state index in [0.29, 0.717) is 18.2 Å². The molecule has 6 rings (SSSR count). The molecule has 5 heteroatoms. The number of hydrogen-bond acceptors (Lipinski definition) is 4. The van der Waals surface area contributed by atoms with Gasteiger partial charge in [0.1, 0.15) is 6.10 Å². The van der Waals surface area contributed by atoms with Crippen LogP contribution in [0.1, 0.15) is 119 Å². The number of hydrogen-bond donors (Lipinski definition) is 1. The van der Waals surface area contributed by atoms with Gasteiger partial charge in [0.05, 0.1) is 0 Å². The van der Waals surface area contributed by atoms with E-state index in [1.54, 1.807) is 0 Å². The quantitative estimate of drug-likeness (QED) is 0.353. The minimum atomic E-state index is -0.457. The molecule has 5 aliphatic carbocycles. The van der Waals surface area contributed by atoms with E-state index in [4.69, 9.17) is 4.74 Å². The minimum absolute atomic E-state index is 0.0476. The smallest absolute Gasteiger partial charge is 0.302 e. The summed E-state index contributed by atoms with van der Waals surface area (Å²) in [6, 6.07) is 10.1. The van der Waals surface area contributed by atoms with Gasteiger partial charge < -0.3 is 10.1 Å². The van der Waals surface area contributed by atoms with Crippen LogP contribution in [0.25, 0.3) is 0 Å². The molecule has 240 valence electrons. The largest absolute Gasteiger partial charge is 0.462 e. The van der Waals surface area contributed by atoms with Crippen molar-refractivity contribution in [3.05, 3.63) is 47.5 Å². The Kier molecular flexibility index (Phi) is 7.38. The molecule has 0 aromatic heterocycles. The molecule has 1 aromatic rings. The fourth-order valence-corrected chi connectivity index (χ4v) is 11.8. The molecule has 1 N–H and O–H groups in total. The van der Waals surface area contributed by atoms with Crippen molar-refractivity contribution in [1.82, 2.24) is 5.32 Å². The summed E-state index contributed by atoms with van der Waals surface area (Å²) in [5, 5.41) is 3.26. The normalized spacial score (nSPS) is 44.2. The molecular weight excluding hydrogens is 546 g/mol. The monoisotopic (exact) mass is 601 g/mol. The van der Waals surface area contributed by atoms with Crippen LogP contribution >= 0.6 is 0 Å². The molecule has 4 saturated carbocycles. The van der Waals surface area contributed by atoms with Crippen molar-refractivity contribution >= 4 is 17.7 Å². The van der Waals surface area contributed by atoms with Gasteiger partial charge in [-0.25, -0.2) is 0 Å². The molecule has 0 heterocycles. The molecule has 0 radical (unpaired) electrons. The van der Waals surface area contributed by atoms with E-state index in [-0.39, 0.29) is 56.9 Å². The highest BCUT2D eigenvalue weighted by molar-refractivity contribution is 5.95. The lowest BCUT2D eigenvalue weighted by molar-refractivity contribution is -0.210. The van der Waals surface area contributed by atoms with Crippen LogP contribution in [0, 0.1) is 50.2 Å². The fraction of sp³-hybridized carbons (Fsp3) is 0.718. The highest BCUT2D eigenvalue weighted by atomic mass is 16.5. The Balaban J connectivity index is 1.32. The van der Waals surface area contributed by atoms with E-state index < -0.39 is 5.41 Å². The second-order valence-electron chi connectivity index (χ2n) is 17.4. The Morgan fingerprint density at radius 2 is 1.57 bits per heavy atom. The molecule has 0 spiro atoms. The van der Waals surface area contributed by atoms with Crippen molar-refractivity contribution in [2.75, 3.05) is 0 Å². The van der Waals surface area contributed by atoms with Gasteiger partial charge in [0, 0.05) is 30.2 Å². The van der Waals surface area contributed by atoms with E-state index in [1.807, 2.05) is 18.2 Å². The maximum Gasteiger partial charge on any atom is 0.302 e. The number of amides is 1. The third-order valence-electron chi connectivity index (χ3n) is 14.7. The minimum Gasteiger partial charge on any atom is -0.462 e. The zero-order valence-electron chi connectivity index (χ0n) is 28.5. The van der Waals surface area contributed by atoms with Crippen molar-refractivity contribution in [1.29, 1.82) is 0 Å². The molecular formula is C39H55NO4. The molecule has 9 atom stereocenters. The first-order chi connectivity index (χ1) is 20.5. The summed E-state index contributed by atoms with van der Waals surface area (Å²) in [5.41, 5.74) is 1.55. The second-order valence-corrected chi connectivity index (χ2v) is 17.4. The van der Waals surface area contributed by atoms with Crippen LogP contribution in [0.15, 0.2) is 42.0 Å². The number of rotatable bonds is 4. The van der Waals surface area contributed by atoms with Crippen molar-refractivity contribution in [2.24, 2.45) is 50.2 Å². The van der Waals surface area contributed by atoms with Gasteiger partial charge in [-0.15, -0.1) is 0 Å². The van der Waals surface area contributed by atoms with Gasteiger partial charge in [0.2, 0.25) is 5.91 Å². The average Bonchev–Trinajstić information content (AvgIpc) is 2.95. The lowest BCUT2D eigenvalue weighted by atomic mass is 9.33. The molecule has 44 heavy (non-hydrogen) atoms. The van der Waals surface area contributed by atoms with Gasteiger partial charge >= 0.3 is 5.97 Å². The van der Waals surface area contributed by atoms with Gasteiger partial charge in [-0.3, -0.25) is 14.4 Å². The van der Waals surface area contributed by atoms with Crippen LogP contribution in [0.2, 0.25) is 0 Å². The third-order valence-corrected chi connectivity index (χ3v) is 14.7. The Labute approximate surface area is 265 Å². The number of fused-ring (bicyclic) bond motifs is 7. The SMILES string of the molecule is CC(=O)O[C@@H]1CC[C@]2(C)[C@H](CC[C@]3(C)[C@@H]2C(=O)C=C2[C@@H]4C[C@](C)(C(=O)NCc5ccccc5)CC[C@]4(C)CC[C@@]23C)C1(C)C. The molecule has 1 amide bonds. The zero-order valence-corrected chi connectivity index (χ0v) is 28.5. The molecule has 1 aromatic carbocycles. The molecule has 0 saturated heterocycles. The van der Waals surface area contributed by atoms with Crippen LogP contribution in [0.3, 0.4) is 0 Å². The van der Waals surface area contributed by atoms with Gasteiger partial charge in [-0.05, 0) is 103 Å². The Bertz CT molecular complexity index is 1380. The summed E-state index contributed by atoms with van der Waals surface area (Å²) in [7, 11) is 0. The number of benzene rings is 1. The number of esters is 1. The Morgan fingerprint density at radius 1 is 0.886 bits per heavy atom. The maximum absolute atomic E-state index is 14.7. The van der Waals surface area contributed by atoms with E-state index in [0.717, 1.165) is 63.4 Å². The summed E-state index contributed by atoms with van der Waals surface area (Å²) in [5.74, 6) is 0.731. The number of ether oxygens (including phenoxy) is 1. The van der Waals surface area contributed by atoms with Crippen molar-refractivity contribution in [3.8, 4) is 0 Å². The molecule has 0 aliphatic heterocycles. The van der Waals surface area contributed by atoms with Gasteiger partial charge in [0.15, 0.2) is 5.78 Å². The summed E-state index contributed by atoms with van der Waals surface area (Å²) in [4.78, 5) is 40.4. The molecule has 5 aliphatic rings. The van der Waals surface area contributed by atoms with Gasteiger partial charge in [-0.2, -0.15) is 0 Å². The van der Waals surface area contributed by atoms with Crippen LogP contribution in [-0.4, -0.2) is 23.8 Å². The van der Waals surface area contributed by atoms with E-state index in [9.17, 15) is 14.4 Å². The number of carbonyl (C=O) groups is 3. The number of nitrogens with one attached hydrogen (secondary N) is 1. The summed E-state index contributed by atoms with van der Waals surface area (Å²) in [6.45, 7) is 18.5. The predicted octanol–water partition coefficient (Wildman–Crippen LogP) is 8.22. The summed E-state index contributed by atoms with van der Waals surface area (Å²) < 4.78 is 5.88. The zero-order chi connectivity index (χ0) is 31.9. The van der Waals surface area contributed by atoms with E-state index in [2.05, 4.69) is 72.0 Å². The third kappa shape index (κ3) is 4.48. The number of carbonyl (C=O) groups excluding carboxylic acids is 3. The van der Waals surface area contributed by atoms with Crippen LogP contribution in [0.5, 0.6) is 0 Å². The molecule has 0 bridgehead atoms.